The van der Waals surface area contributed by atoms with E-state index in [1.165, 1.54) is 12.1 Å². The van der Waals surface area contributed by atoms with Crippen LogP contribution in [0.25, 0.3) is 11.0 Å². The first-order valence-corrected chi connectivity index (χ1v) is 9.11. The summed E-state index contributed by atoms with van der Waals surface area (Å²) in [5.74, 6) is -0.473. The van der Waals surface area contributed by atoms with Gasteiger partial charge in [-0.25, -0.2) is 14.4 Å². The van der Waals surface area contributed by atoms with Crippen LogP contribution in [0.5, 0.6) is 0 Å². The van der Waals surface area contributed by atoms with E-state index in [1.807, 2.05) is 19.9 Å². The minimum Gasteiger partial charge on any atom is -0.457 e. The lowest BCUT2D eigenvalue weighted by Gasteiger charge is -2.10. The van der Waals surface area contributed by atoms with Crippen molar-refractivity contribution in [2.24, 2.45) is 0 Å². The van der Waals surface area contributed by atoms with E-state index in [4.69, 9.17) is 13.9 Å². The largest absolute Gasteiger partial charge is 0.457 e. The molecule has 1 amide bonds. The lowest BCUT2D eigenvalue weighted by atomic mass is 10.1. The van der Waals surface area contributed by atoms with Crippen LogP contribution >= 0.6 is 0 Å². The molecule has 0 aliphatic rings. The Bertz CT molecular complexity index is 1110. The van der Waals surface area contributed by atoms with Gasteiger partial charge in [0.05, 0.1) is 12.2 Å². The third kappa shape index (κ3) is 5.01. The van der Waals surface area contributed by atoms with Gasteiger partial charge in [0.15, 0.2) is 0 Å². The molecule has 7 nitrogen and oxygen atoms in total. The summed E-state index contributed by atoms with van der Waals surface area (Å²) in [5, 5.41) is 3.15. The minimum atomic E-state index is -0.604. The first-order chi connectivity index (χ1) is 13.9. The van der Waals surface area contributed by atoms with E-state index in [0.29, 0.717) is 22.2 Å². The molecule has 1 heterocycles. The normalized spacial score (nSPS) is 10.6. The van der Waals surface area contributed by atoms with Crippen molar-refractivity contribution in [1.29, 1.82) is 0 Å². The standard InChI is InChI=1S/C22H21NO6/c1-4-27-22(26)23-17-5-6-18-16(10-20(24)29-19(18)11-17)12-28-21(25)15-8-13(2)7-14(3)9-15/h5-11H,4,12H2,1-3H3,(H,23,26). The van der Waals surface area contributed by atoms with Gasteiger partial charge in [0.2, 0.25) is 0 Å². The van der Waals surface area contributed by atoms with Gasteiger partial charge in [-0.1, -0.05) is 17.2 Å². The lowest BCUT2D eigenvalue weighted by molar-refractivity contribution is 0.0473. The summed E-state index contributed by atoms with van der Waals surface area (Å²) >= 11 is 0. The van der Waals surface area contributed by atoms with Gasteiger partial charge in [0.25, 0.3) is 0 Å². The Hall–Kier alpha value is -3.61. The fraction of sp³-hybridized carbons (Fsp3) is 0.227. The molecule has 3 rings (SSSR count). The molecule has 29 heavy (non-hydrogen) atoms. The van der Waals surface area contributed by atoms with Gasteiger partial charge in [-0.15, -0.1) is 0 Å². The zero-order valence-corrected chi connectivity index (χ0v) is 16.4. The number of nitrogens with one attached hydrogen (secondary N) is 1. The fourth-order valence-corrected chi connectivity index (χ4v) is 3.03. The molecule has 7 heteroatoms. The second-order valence-corrected chi connectivity index (χ2v) is 6.60. The number of carbonyl (C=O) groups excluding carboxylic acids is 2. The molecule has 0 saturated carbocycles. The van der Waals surface area contributed by atoms with Crippen molar-refractivity contribution in [3.63, 3.8) is 0 Å². The molecule has 0 aliphatic carbocycles. The highest BCUT2D eigenvalue weighted by Crippen LogP contribution is 2.22. The zero-order chi connectivity index (χ0) is 21.0. The van der Waals surface area contributed by atoms with Gasteiger partial charge in [0, 0.05) is 28.8 Å². The van der Waals surface area contributed by atoms with Crippen molar-refractivity contribution in [2.45, 2.75) is 27.4 Å². The second kappa shape index (κ2) is 8.60. The topological polar surface area (TPSA) is 94.8 Å². The van der Waals surface area contributed by atoms with Gasteiger partial charge >= 0.3 is 17.7 Å². The molecule has 0 saturated heterocycles. The predicted octanol–water partition coefficient (Wildman–Crippen LogP) is 4.34. The van der Waals surface area contributed by atoms with Crippen LogP contribution in [0.3, 0.4) is 0 Å². The number of fused-ring (bicyclic) bond motifs is 1. The Morgan fingerprint density at radius 2 is 1.72 bits per heavy atom. The van der Waals surface area contributed by atoms with Crippen molar-refractivity contribution in [2.75, 3.05) is 11.9 Å². The first kappa shape index (κ1) is 20.1. The highest BCUT2D eigenvalue weighted by molar-refractivity contribution is 5.91. The van der Waals surface area contributed by atoms with Gasteiger partial charge < -0.3 is 13.9 Å². The molecule has 0 fully saturated rings. The van der Waals surface area contributed by atoms with Gasteiger partial charge in [-0.3, -0.25) is 5.32 Å². The number of aryl methyl sites for hydroxylation is 2. The number of amides is 1. The molecule has 1 N–H and O–H groups in total. The highest BCUT2D eigenvalue weighted by atomic mass is 16.5. The van der Waals surface area contributed by atoms with Gasteiger partial charge in [0.1, 0.15) is 12.2 Å². The Labute approximate surface area is 167 Å². The van der Waals surface area contributed by atoms with Crippen LogP contribution in [0, 0.1) is 13.8 Å². The number of carbonyl (C=O) groups is 2. The van der Waals surface area contributed by atoms with Crippen molar-refractivity contribution < 1.29 is 23.5 Å². The zero-order valence-electron chi connectivity index (χ0n) is 16.4. The Kier molecular flexibility index (Phi) is 5.97. The summed E-state index contributed by atoms with van der Waals surface area (Å²) in [7, 11) is 0. The molecule has 0 radical (unpaired) electrons. The maximum Gasteiger partial charge on any atom is 0.411 e. The molecule has 0 spiro atoms. The second-order valence-electron chi connectivity index (χ2n) is 6.60. The monoisotopic (exact) mass is 395 g/mol. The molecule has 0 unspecified atom stereocenters. The van der Waals surface area contributed by atoms with Crippen LogP contribution < -0.4 is 10.9 Å². The molecule has 2 aromatic carbocycles. The maximum atomic E-state index is 12.4. The van der Waals surface area contributed by atoms with Crippen LogP contribution in [-0.2, 0) is 16.1 Å². The summed E-state index contributed by atoms with van der Waals surface area (Å²) < 4.78 is 15.5. The number of hydrogen-bond acceptors (Lipinski definition) is 6. The molecule has 0 bridgehead atoms. The van der Waals surface area contributed by atoms with Crippen LogP contribution in [0.1, 0.15) is 34.0 Å². The fourth-order valence-electron chi connectivity index (χ4n) is 3.03. The number of anilines is 1. The summed E-state index contributed by atoms with van der Waals surface area (Å²) in [6.45, 7) is 5.66. The first-order valence-electron chi connectivity index (χ1n) is 9.11. The van der Waals surface area contributed by atoms with E-state index in [1.54, 1.807) is 31.2 Å². The van der Waals surface area contributed by atoms with Crippen molar-refractivity contribution in [3.05, 3.63) is 75.1 Å². The number of ether oxygens (including phenoxy) is 2. The summed E-state index contributed by atoms with van der Waals surface area (Å²) in [6, 6.07) is 11.6. The summed E-state index contributed by atoms with van der Waals surface area (Å²) in [6.07, 6.45) is -0.604. The molecule has 150 valence electrons. The van der Waals surface area contributed by atoms with Crippen LogP contribution in [-0.4, -0.2) is 18.7 Å². The Balaban J connectivity index is 1.82. The highest BCUT2D eigenvalue weighted by Gasteiger charge is 2.13. The molecular formula is C22H21NO6. The summed E-state index contributed by atoms with van der Waals surface area (Å²) in [4.78, 5) is 35.9. The average Bonchev–Trinajstić information content (AvgIpc) is 2.64. The van der Waals surface area contributed by atoms with E-state index in [-0.39, 0.29) is 18.8 Å². The summed E-state index contributed by atoms with van der Waals surface area (Å²) in [5.41, 5.74) is 3.00. The van der Waals surface area contributed by atoms with E-state index < -0.39 is 17.7 Å². The van der Waals surface area contributed by atoms with Gasteiger partial charge in [-0.2, -0.15) is 0 Å². The third-order valence-corrected chi connectivity index (χ3v) is 4.17. The molecular weight excluding hydrogens is 374 g/mol. The third-order valence-electron chi connectivity index (χ3n) is 4.17. The van der Waals surface area contributed by atoms with Crippen molar-refractivity contribution >= 4 is 28.7 Å². The number of hydrogen-bond donors (Lipinski definition) is 1. The SMILES string of the molecule is CCOC(=O)Nc1ccc2c(COC(=O)c3cc(C)cc(C)c3)cc(=O)oc2c1. The lowest BCUT2D eigenvalue weighted by Crippen LogP contribution is -2.13. The smallest absolute Gasteiger partial charge is 0.411 e. The number of esters is 1. The Morgan fingerprint density at radius 3 is 2.41 bits per heavy atom. The molecule has 1 aromatic heterocycles. The number of benzene rings is 2. The van der Waals surface area contributed by atoms with Crippen LogP contribution in [0.15, 0.2) is 51.7 Å². The molecule has 3 aromatic rings. The Morgan fingerprint density at radius 1 is 1.00 bits per heavy atom. The average molecular weight is 395 g/mol. The van der Waals surface area contributed by atoms with Crippen molar-refractivity contribution in [1.82, 2.24) is 0 Å². The van der Waals surface area contributed by atoms with E-state index in [0.717, 1.165) is 11.1 Å². The molecule has 0 aliphatic heterocycles. The minimum absolute atomic E-state index is 0.0847. The van der Waals surface area contributed by atoms with Crippen LogP contribution in [0.2, 0.25) is 0 Å². The van der Waals surface area contributed by atoms with Crippen molar-refractivity contribution in [3.8, 4) is 0 Å². The van der Waals surface area contributed by atoms with E-state index in [9.17, 15) is 14.4 Å². The predicted molar refractivity (Wildman–Crippen MR) is 108 cm³/mol. The van der Waals surface area contributed by atoms with E-state index in [2.05, 4.69) is 5.32 Å². The maximum absolute atomic E-state index is 12.4. The van der Waals surface area contributed by atoms with Gasteiger partial charge in [-0.05, 0) is 45.0 Å². The molecule has 0 atom stereocenters. The number of rotatable bonds is 5. The van der Waals surface area contributed by atoms with E-state index >= 15 is 0 Å². The quantitative estimate of drug-likeness (QED) is 0.510. The van der Waals surface area contributed by atoms with Crippen LogP contribution in [0.4, 0.5) is 10.5 Å².